The largest absolute Gasteiger partial charge is 0.468 e. The second-order valence-electron chi connectivity index (χ2n) is 2.70. The van der Waals surface area contributed by atoms with Gasteiger partial charge in [-0.2, -0.15) is 0 Å². The summed E-state index contributed by atoms with van der Waals surface area (Å²) in [5, 5.41) is 11.7. The molecule has 11 heavy (non-hydrogen) atoms. The summed E-state index contributed by atoms with van der Waals surface area (Å²) in [5.74, 6) is -0.235. The van der Waals surface area contributed by atoms with Gasteiger partial charge < -0.3 is 9.84 Å². The van der Waals surface area contributed by atoms with Crippen molar-refractivity contribution >= 4 is 5.97 Å². The van der Waals surface area contributed by atoms with Gasteiger partial charge in [0, 0.05) is 6.04 Å². The highest BCUT2D eigenvalue weighted by atomic mass is 16.5. The van der Waals surface area contributed by atoms with Crippen LogP contribution in [-0.2, 0) is 9.53 Å². The van der Waals surface area contributed by atoms with Gasteiger partial charge in [0.2, 0.25) is 0 Å². The van der Waals surface area contributed by atoms with Gasteiger partial charge in [0.25, 0.3) is 0 Å². The Morgan fingerprint density at radius 2 is 2.45 bits per heavy atom. The Morgan fingerprint density at radius 1 is 1.73 bits per heavy atom. The molecule has 0 radical (unpaired) electrons. The average Bonchev–Trinajstić information content (AvgIpc) is 2.50. The summed E-state index contributed by atoms with van der Waals surface area (Å²) in [6.07, 6.45) is 1.61. The molecule has 0 saturated carbocycles. The van der Waals surface area contributed by atoms with E-state index in [1.807, 2.05) is 0 Å². The Labute approximate surface area is 65.5 Å². The lowest BCUT2D eigenvalue weighted by Crippen LogP contribution is -2.37. The van der Waals surface area contributed by atoms with Crippen LogP contribution in [-0.4, -0.2) is 36.9 Å². The minimum Gasteiger partial charge on any atom is -0.468 e. The minimum absolute atomic E-state index is 0.0686. The number of rotatable bonds is 2. The van der Waals surface area contributed by atoms with Gasteiger partial charge in [0.15, 0.2) is 0 Å². The second kappa shape index (κ2) is 3.69. The Bertz CT molecular complexity index is 149. The number of carbonyl (C=O) groups is 1. The molecule has 0 spiro atoms. The highest BCUT2D eigenvalue weighted by Crippen LogP contribution is 2.12. The maximum absolute atomic E-state index is 10.9. The monoisotopic (exact) mass is 159 g/mol. The van der Waals surface area contributed by atoms with E-state index in [4.69, 9.17) is 5.11 Å². The van der Waals surface area contributed by atoms with Crippen molar-refractivity contribution in [2.75, 3.05) is 13.7 Å². The lowest BCUT2D eigenvalue weighted by atomic mass is 10.2. The van der Waals surface area contributed by atoms with Crippen molar-refractivity contribution in [1.29, 1.82) is 0 Å². The SMILES string of the molecule is COC(=O)[C@H]1CC[C@H](CO)N1. The first-order valence-electron chi connectivity index (χ1n) is 3.72. The van der Waals surface area contributed by atoms with Crippen LogP contribution in [0.2, 0.25) is 0 Å². The normalized spacial score (nSPS) is 30.4. The van der Waals surface area contributed by atoms with Gasteiger partial charge >= 0.3 is 5.97 Å². The molecule has 1 aliphatic heterocycles. The Kier molecular flexibility index (Phi) is 2.84. The predicted molar refractivity (Wildman–Crippen MR) is 39.0 cm³/mol. The van der Waals surface area contributed by atoms with Gasteiger partial charge in [0.1, 0.15) is 6.04 Å². The number of methoxy groups -OCH3 is 1. The van der Waals surface area contributed by atoms with E-state index in [0.717, 1.165) is 12.8 Å². The molecule has 1 saturated heterocycles. The standard InChI is InChI=1S/C7H13NO3/c1-11-7(10)6-3-2-5(4-9)8-6/h5-6,8-9H,2-4H2,1H3/t5-,6-/m1/s1. The molecular formula is C7H13NO3. The van der Waals surface area contributed by atoms with Gasteiger partial charge in [-0.25, -0.2) is 0 Å². The molecule has 0 amide bonds. The van der Waals surface area contributed by atoms with E-state index in [1.165, 1.54) is 7.11 Å². The van der Waals surface area contributed by atoms with Crippen molar-refractivity contribution in [2.24, 2.45) is 0 Å². The lowest BCUT2D eigenvalue weighted by molar-refractivity contribution is -0.142. The quantitative estimate of drug-likeness (QED) is 0.522. The molecule has 1 rings (SSSR count). The summed E-state index contributed by atoms with van der Waals surface area (Å²) >= 11 is 0. The maximum Gasteiger partial charge on any atom is 0.322 e. The molecule has 0 unspecified atom stereocenters. The molecule has 2 N–H and O–H groups in total. The van der Waals surface area contributed by atoms with Crippen LogP contribution in [0.25, 0.3) is 0 Å². The number of carbonyl (C=O) groups excluding carboxylic acids is 1. The first-order chi connectivity index (χ1) is 5.27. The average molecular weight is 159 g/mol. The molecule has 0 aromatic carbocycles. The zero-order valence-corrected chi connectivity index (χ0v) is 6.54. The fourth-order valence-corrected chi connectivity index (χ4v) is 1.29. The minimum atomic E-state index is -0.235. The molecular weight excluding hydrogens is 146 g/mol. The first kappa shape index (κ1) is 8.49. The molecule has 1 aliphatic rings. The molecule has 64 valence electrons. The van der Waals surface area contributed by atoms with Gasteiger partial charge in [0.05, 0.1) is 13.7 Å². The molecule has 0 aromatic heterocycles. The lowest BCUT2D eigenvalue weighted by Gasteiger charge is -2.09. The van der Waals surface area contributed by atoms with Crippen molar-refractivity contribution in [3.63, 3.8) is 0 Å². The number of hydrogen-bond donors (Lipinski definition) is 2. The fourth-order valence-electron chi connectivity index (χ4n) is 1.29. The van der Waals surface area contributed by atoms with Crippen molar-refractivity contribution in [3.8, 4) is 0 Å². The van der Waals surface area contributed by atoms with Crippen LogP contribution in [0, 0.1) is 0 Å². The summed E-state index contributed by atoms with van der Waals surface area (Å²) in [7, 11) is 1.37. The summed E-state index contributed by atoms with van der Waals surface area (Å²) in [4.78, 5) is 10.9. The van der Waals surface area contributed by atoms with E-state index in [0.29, 0.717) is 0 Å². The van der Waals surface area contributed by atoms with Crippen LogP contribution < -0.4 is 5.32 Å². The third-order valence-electron chi connectivity index (χ3n) is 1.95. The topological polar surface area (TPSA) is 58.6 Å². The van der Waals surface area contributed by atoms with E-state index >= 15 is 0 Å². The smallest absolute Gasteiger partial charge is 0.322 e. The van der Waals surface area contributed by atoms with Gasteiger partial charge in [-0.05, 0) is 12.8 Å². The Hall–Kier alpha value is -0.610. The highest BCUT2D eigenvalue weighted by molar-refractivity contribution is 5.76. The third-order valence-corrected chi connectivity index (χ3v) is 1.95. The number of esters is 1. The maximum atomic E-state index is 10.9. The molecule has 1 heterocycles. The fraction of sp³-hybridized carbons (Fsp3) is 0.857. The number of nitrogens with one attached hydrogen (secondary N) is 1. The highest BCUT2D eigenvalue weighted by Gasteiger charge is 2.28. The molecule has 0 aliphatic carbocycles. The van der Waals surface area contributed by atoms with E-state index in [9.17, 15) is 4.79 Å². The van der Waals surface area contributed by atoms with Crippen molar-refractivity contribution in [3.05, 3.63) is 0 Å². The zero-order chi connectivity index (χ0) is 8.27. The number of ether oxygens (including phenoxy) is 1. The molecule has 4 heteroatoms. The summed E-state index contributed by atoms with van der Waals surface area (Å²) in [5.41, 5.74) is 0. The molecule has 1 fully saturated rings. The van der Waals surface area contributed by atoms with E-state index in [1.54, 1.807) is 0 Å². The number of hydrogen-bond acceptors (Lipinski definition) is 4. The predicted octanol–water partition coefficient (Wildman–Crippen LogP) is -0.728. The van der Waals surface area contributed by atoms with Crippen LogP contribution >= 0.6 is 0 Å². The molecule has 4 nitrogen and oxygen atoms in total. The van der Waals surface area contributed by atoms with E-state index < -0.39 is 0 Å². The molecule has 0 bridgehead atoms. The summed E-state index contributed by atoms with van der Waals surface area (Å²) in [6.45, 7) is 0.0908. The van der Waals surface area contributed by atoms with Crippen molar-refractivity contribution in [1.82, 2.24) is 5.32 Å². The van der Waals surface area contributed by atoms with E-state index in [-0.39, 0.29) is 24.7 Å². The van der Waals surface area contributed by atoms with Gasteiger partial charge in [-0.15, -0.1) is 0 Å². The third kappa shape index (κ3) is 1.91. The second-order valence-corrected chi connectivity index (χ2v) is 2.70. The first-order valence-corrected chi connectivity index (χ1v) is 3.72. The van der Waals surface area contributed by atoms with Crippen LogP contribution in [0.5, 0.6) is 0 Å². The van der Waals surface area contributed by atoms with Crippen LogP contribution in [0.1, 0.15) is 12.8 Å². The Balaban J connectivity index is 2.35. The van der Waals surface area contributed by atoms with Crippen molar-refractivity contribution in [2.45, 2.75) is 24.9 Å². The van der Waals surface area contributed by atoms with Crippen LogP contribution in [0.4, 0.5) is 0 Å². The summed E-state index contributed by atoms with van der Waals surface area (Å²) in [6, 6.07) is -0.142. The van der Waals surface area contributed by atoms with Gasteiger partial charge in [-0.1, -0.05) is 0 Å². The molecule has 0 aromatic rings. The zero-order valence-electron chi connectivity index (χ0n) is 6.54. The molecule has 2 atom stereocenters. The van der Waals surface area contributed by atoms with Crippen molar-refractivity contribution < 1.29 is 14.6 Å². The Morgan fingerprint density at radius 3 is 2.91 bits per heavy atom. The number of aliphatic hydroxyl groups excluding tert-OH is 1. The van der Waals surface area contributed by atoms with E-state index in [2.05, 4.69) is 10.1 Å². The van der Waals surface area contributed by atoms with Crippen LogP contribution in [0.15, 0.2) is 0 Å². The number of aliphatic hydroxyl groups is 1. The van der Waals surface area contributed by atoms with Gasteiger partial charge in [-0.3, -0.25) is 10.1 Å². The summed E-state index contributed by atoms with van der Waals surface area (Å²) < 4.78 is 4.54. The van der Waals surface area contributed by atoms with Crippen LogP contribution in [0.3, 0.4) is 0 Å².